The first-order valence-corrected chi connectivity index (χ1v) is 15.6. The summed E-state index contributed by atoms with van der Waals surface area (Å²) < 4.78 is 33.3. The van der Waals surface area contributed by atoms with Gasteiger partial charge < -0.3 is 26.6 Å². The maximum atomic E-state index is 5.55. The van der Waals surface area contributed by atoms with Gasteiger partial charge in [0, 0.05) is 48.6 Å². The standard InChI is InChI=1S/C25H34O6Si3/c1-26-32(27-2)22-13-7-19(8-14-22)25(20-9-15-23(16-10-20)33(28-3)29-4)21-11-17-24(18-12-21)34(30-5)31-6/h7-18,25,32-34H,1-6H3. The van der Waals surface area contributed by atoms with Crippen LogP contribution in [0.1, 0.15) is 22.6 Å². The highest BCUT2D eigenvalue weighted by Gasteiger charge is 2.21. The zero-order valence-corrected chi connectivity index (χ0v) is 24.2. The van der Waals surface area contributed by atoms with Crippen molar-refractivity contribution in [3.8, 4) is 0 Å². The van der Waals surface area contributed by atoms with Crippen molar-refractivity contribution >= 4 is 43.4 Å². The van der Waals surface area contributed by atoms with Crippen molar-refractivity contribution in [3.63, 3.8) is 0 Å². The third kappa shape index (κ3) is 6.19. The molecule has 3 aromatic carbocycles. The van der Waals surface area contributed by atoms with E-state index in [1.54, 1.807) is 42.7 Å². The molecule has 3 rings (SSSR count). The van der Waals surface area contributed by atoms with Gasteiger partial charge in [0.1, 0.15) is 0 Å². The highest BCUT2D eigenvalue weighted by atomic mass is 28.3. The molecule has 6 nitrogen and oxygen atoms in total. The van der Waals surface area contributed by atoms with Crippen LogP contribution in [0.15, 0.2) is 72.8 Å². The second-order valence-corrected chi connectivity index (χ2v) is 14.7. The largest absolute Gasteiger partial charge is 0.397 e. The summed E-state index contributed by atoms with van der Waals surface area (Å²) in [7, 11) is 4.67. The lowest BCUT2D eigenvalue weighted by atomic mass is 9.85. The molecule has 34 heavy (non-hydrogen) atoms. The number of benzene rings is 3. The van der Waals surface area contributed by atoms with E-state index in [1.165, 1.54) is 16.7 Å². The Morgan fingerprint density at radius 3 is 0.765 bits per heavy atom. The minimum absolute atomic E-state index is 0.0674. The summed E-state index contributed by atoms with van der Waals surface area (Å²) in [4.78, 5) is 0. The maximum absolute atomic E-state index is 5.55. The molecule has 182 valence electrons. The van der Waals surface area contributed by atoms with E-state index in [-0.39, 0.29) is 5.92 Å². The number of hydrogen-bond donors (Lipinski definition) is 0. The third-order valence-electron chi connectivity index (χ3n) is 5.91. The van der Waals surface area contributed by atoms with Crippen molar-refractivity contribution in [2.24, 2.45) is 0 Å². The minimum Gasteiger partial charge on any atom is -0.397 e. The summed E-state index contributed by atoms with van der Waals surface area (Å²) in [5.41, 5.74) is 3.59. The van der Waals surface area contributed by atoms with E-state index in [0.29, 0.717) is 0 Å². The van der Waals surface area contributed by atoms with Crippen molar-refractivity contribution in [2.75, 3.05) is 42.7 Å². The summed E-state index contributed by atoms with van der Waals surface area (Å²) in [6.45, 7) is 0. The molecule has 3 aromatic rings. The first-order chi connectivity index (χ1) is 16.6. The fraction of sp³-hybridized carbons (Fsp3) is 0.280. The van der Waals surface area contributed by atoms with Crippen LogP contribution in [-0.4, -0.2) is 70.5 Å². The van der Waals surface area contributed by atoms with Crippen LogP contribution in [0.4, 0.5) is 0 Å². The van der Waals surface area contributed by atoms with Crippen LogP contribution in [0.3, 0.4) is 0 Å². The smallest absolute Gasteiger partial charge is 0.355 e. The molecule has 9 heteroatoms. The summed E-state index contributed by atoms with van der Waals surface area (Å²) in [6.07, 6.45) is 0. The van der Waals surface area contributed by atoms with Crippen molar-refractivity contribution in [3.05, 3.63) is 89.5 Å². The van der Waals surface area contributed by atoms with E-state index in [2.05, 4.69) is 72.8 Å². The molecule has 0 unspecified atom stereocenters. The van der Waals surface area contributed by atoms with Gasteiger partial charge in [-0.05, 0) is 32.3 Å². The maximum Gasteiger partial charge on any atom is 0.355 e. The number of rotatable bonds is 12. The van der Waals surface area contributed by atoms with Crippen molar-refractivity contribution < 1.29 is 26.6 Å². The predicted octanol–water partition coefficient (Wildman–Crippen LogP) is 1.03. The van der Waals surface area contributed by atoms with E-state index >= 15 is 0 Å². The van der Waals surface area contributed by atoms with E-state index in [9.17, 15) is 0 Å². The Morgan fingerprint density at radius 2 is 0.588 bits per heavy atom. The summed E-state index contributed by atoms with van der Waals surface area (Å²) >= 11 is 0. The molecule has 0 aliphatic heterocycles. The van der Waals surface area contributed by atoms with Crippen LogP contribution >= 0.6 is 0 Å². The van der Waals surface area contributed by atoms with Gasteiger partial charge in [-0.2, -0.15) is 0 Å². The van der Waals surface area contributed by atoms with Crippen LogP contribution in [0.2, 0.25) is 0 Å². The molecule has 0 atom stereocenters. The van der Waals surface area contributed by atoms with Gasteiger partial charge in [-0.15, -0.1) is 0 Å². The van der Waals surface area contributed by atoms with Crippen LogP contribution in [0.5, 0.6) is 0 Å². The van der Waals surface area contributed by atoms with Crippen molar-refractivity contribution in [1.82, 2.24) is 0 Å². The quantitative estimate of drug-likeness (QED) is 0.266. The molecule has 0 fully saturated rings. The Kier molecular flexibility index (Phi) is 10.4. The highest BCUT2D eigenvalue weighted by molar-refractivity contribution is 6.62. The molecule has 0 bridgehead atoms. The van der Waals surface area contributed by atoms with Gasteiger partial charge in [-0.3, -0.25) is 0 Å². The first-order valence-electron chi connectivity index (χ1n) is 11.1. The predicted molar refractivity (Wildman–Crippen MR) is 143 cm³/mol. The van der Waals surface area contributed by atoms with E-state index in [4.69, 9.17) is 26.6 Å². The number of hydrogen-bond acceptors (Lipinski definition) is 6. The molecule has 0 amide bonds. The molecule has 0 radical (unpaired) electrons. The molecule has 0 aliphatic rings. The lowest BCUT2D eigenvalue weighted by Gasteiger charge is -2.21. The van der Waals surface area contributed by atoms with Crippen molar-refractivity contribution in [1.29, 1.82) is 0 Å². The van der Waals surface area contributed by atoms with Gasteiger partial charge in [0.15, 0.2) is 0 Å². The van der Waals surface area contributed by atoms with Crippen LogP contribution in [-0.2, 0) is 26.6 Å². The molecular formula is C25H34O6Si3. The Hall–Kier alpha value is -1.93. The Bertz CT molecular complexity index is 855. The molecule has 0 saturated heterocycles. The molecule has 0 N–H and O–H groups in total. The van der Waals surface area contributed by atoms with Gasteiger partial charge in [-0.25, -0.2) is 0 Å². The molecule has 0 aromatic heterocycles. The molecule has 0 saturated carbocycles. The fourth-order valence-electron chi connectivity index (χ4n) is 4.22. The van der Waals surface area contributed by atoms with Crippen LogP contribution in [0, 0.1) is 0 Å². The molecule has 0 aliphatic carbocycles. The summed E-state index contributed by atoms with van der Waals surface area (Å²) in [5.74, 6) is 0.0674. The Morgan fingerprint density at radius 1 is 0.382 bits per heavy atom. The average Bonchev–Trinajstić information content (AvgIpc) is 2.89. The molecule has 0 spiro atoms. The van der Waals surface area contributed by atoms with E-state index in [1.807, 2.05) is 0 Å². The zero-order chi connectivity index (χ0) is 24.5. The highest BCUT2D eigenvalue weighted by Crippen LogP contribution is 2.31. The lowest BCUT2D eigenvalue weighted by molar-refractivity contribution is 0.291. The summed E-state index contributed by atoms with van der Waals surface area (Å²) in [5, 5.41) is 3.34. The second-order valence-electron chi connectivity index (χ2n) is 7.84. The Balaban J connectivity index is 2.01. The van der Waals surface area contributed by atoms with Crippen molar-refractivity contribution in [2.45, 2.75) is 5.92 Å². The van der Waals surface area contributed by atoms with Crippen LogP contribution in [0.25, 0.3) is 0 Å². The fourth-order valence-corrected chi connectivity index (χ4v) is 7.95. The van der Waals surface area contributed by atoms with Crippen LogP contribution < -0.4 is 15.6 Å². The van der Waals surface area contributed by atoms with E-state index in [0.717, 1.165) is 15.6 Å². The minimum atomic E-state index is -1.85. The van der Waals surface area contributed by atoms with Gasteiger partial charge in [0.2, 0.25) is 0 Å². The first kappa shape index (κ1) is 26.7. The monoisotopic (exact) mass is 514 g/mol. The van der Waals surface area contributed by atoms with Gasteiger partial charge in [-0.1, -0.05) is 72.8 Å². The topological polar surface area (TPSA) is 55.4 Å². The zero-order valence-electron chi connectivity index (χ0n) is 20.7. The molecule has 0 heterocycles. The van der Waals surface area contributed by atoms with Gasteiger partial charge >= 0.3 is 27.9 Å². The average molecular weight is 515 g/mol. The Labute approximate surface area is 207 Å². The lowest BCUT2D eigenvalue weighted by Crippen LogP contribution is -2.35. The van der Waals surface area contributed by atoms with E-state index < -0.39 is 27.9 Å². The second kappa shape index (κ2) is 13.2. The normalized spacial score (nSPS) is 11.8. The van der Waals surface area contributed by atoms with Gasteiger partial charge in [0.05, 0.1) is 0 Å². The SMILES string of the molecule is CO[SiH](OC)c1ccc(C(c2ccc([SiH](OC)OC)cc2)c2ccc([SiH](OC)OC)cc2)cc1. The van der Waals surface area contributed by atoms with Gasteiger partial charge in [0.25, 0.3) is 0 Å². The molecular weight excluding hydrogens is 481 g/mol. The summed E-state index contributed by atoms with van der Waals surface area (Å²) in [6, 6.07) is 25.7. The third-order valence-corrected chi connectivity index (χ3v) is 11.3.